The normalized spacial score (nSPS) is 17.9. The third kappa shape index (κ3) is 3.71. The molecule has 22 heavy (non-hydrogen) atoms. The highest BCUT2D eigenvalue weighted by Gasteiger charge is 2.18. The van der Waals surface area contributed by atoms with E-state index in [1.165, 1.54) is 24.0 Å². The lowest BCUT2D eigenvalue weighted by Gasteiger charge is -2.21. The summed E-state index contributed by atoms with van der Waals surface area (Å²) in [7, 11) is 4.37. The highest BCUT2D eigenvalue weighted by Crippen LogP contribution is 2.29. The van der Waals surface area contributed by atoms with Crippen molar-refractivity contribution < 1.29 is 4.74 Å². The zero-order chi connectivity index (χ0) is 15.5. The quantitative estimate of drug-likeness (QED) is 0.710. The first-order chi connectivity index (χ1) is 10.6. The van der Waals surface area contributed by atoms with Crippen molar-refractivity contribution in [2.45, 2.75) is 31.7 Å². The number of ether oxygens (including phenoxy) is 1. The zero-order valence-corrected chi connectivity index (χ0v) is 14.8. The fraction of sp³-hybridized carbons (Fsp3) is 0.368. The second-order valence-electron chi connectivity index (χ2n) is 6.18. The Morgan fingerprint density at radius 1 is 0.909 bits per heavy atom. The van der Waals surface area contributed by atoms with Crippen LogP contribution in [-0.2, 0) is 12.8 Å². The van der Waals surface area contributed by atoms with Crippen LogP contribution in [0, 0.1) is 0 Å². The van der Waals surface area contributed by atoms with Gasteiger partial charge in [0.1, 0.15) is 11.5 Å². The van der Waals surface area contributed by atoms with Crippen molar-refractivity contribution >= 4 is 15.9 Å². The first-order valence-corrected chi connectivity index (χ1v) is 8.63. The van der Waals surface area contributed by atoms with Crippen LogP contribution in [0.1, 0.15) is 24.0 Å². The molecule has 0 bridgehead atoms. The van der Waals surface area contributed by atoms with Gasteiger partial charge in [-0.05, 0) is 87.3 Å². The number of rotatable bonds is 3. The highest BCUT2D eigenvalue weighted by molar-refractivity contribution is 9.10. The van der Waals surface area contributed by atoms with E-state index in [4.69, 9.17) is 4.74 Å². The molecule has 0 saturated heterocycles. The monoisotopic (exact) mass is 359 g/mol. The van der Waals surface area contributed by atoms with Gasteiger partial charge >= 0.3 is 0 Å². The number of benzene rings is 2. The molecule has 2 aromatic carbocycles. The van der Waals surface area contributed by atoms with Crippen LogP contribution in [0.3, 0.4) is 0 Å². The van der Waals surface area contributed by atoms with Crippen molar-refractivity contribution in [3.05, 3.63) is 58.1 Å². The Morgan fingerprint density at radius 2 is 1.55 bits per heavy atom. The predicted octanol–water partition coefficient (Wildman–Crippen LogP) is 5.05. The summed E-state index contributed by atoms with van der Waals surface area (Å²) in [5, 5.41) is 0. The van der Waals surface area contributed by atoms with Gasteiger partial charge in [0.05, 0.1) is 0 Å². The Hall–Kier alpha value is -1.32. The summed E-state index contributed by atoms with van der Waals surface area (Å²) < 4.78 is 7.05. The molecule has 2 aromatic rings. The topological polar surface area (TPSA) is 12.5 Å². The third-order valence-corrected chi connectivity index (χ3v) is 4.98. The van der Waals surface area contributed by atoms with E-state index >= 15 is 0 Å². The van der Waals surface area contributed by atoms with E-state index in [9.17, 15) is 0 Å². The maximum atomic E-state index is 5.98. The Labute approximate surface area is 141 Å². The van der Waals surface area contributed by atoms with Crippen LogP contribution in [-0.4, -0.2) is 25.0 Å². The van der Waals surface area contributed by atoms with E-state index in [2.05, 4.69) is 53.1 Å². The summed E-state index contributed by atoms with van der Waals surface area (Å²) in [6.45, 7) is 0. The van der Waals surface area contributed by atoms with Crippen LogP contribution in [0.5, 0.6) is 11.5 Å². The van der Waals surface area contributed by atoms with Gasteiger partial charge in [0.15, 0.2) is 0 Å². The van der Waals surface area contributed by atoms with Gasteiger partial charge < -0.3 is 9.64 Å². The highest BCUT2D eigenvalue weighted by atomic mass is 79.9. The van der Waals surface area contributed by atoms with Gasteiger partial charge in [-0.2, -0.15) is 0 Å². The maximum absolute atomic E-state index is 5.98. The summed E-state index contributed by atoms with van der Waals surface area (Å²) in [6.07, 6.45) is 4.76. The van der Waals surface area contributed by atoms with Gasteiger partial charge in [0.2, 0.25) is 0 Å². The molecule has 0 saturated carbocycles. The van der Waals surface area contributed by atoms with Crippen LogP contribution >= 0.6 is 15.9 Å². The Bertz CT molecular complexity index is 636. The lowest BCUT2D eigenvalue weighted by atomic mass is 10.0. The fourth-order valence-corrected chi connectivity index (χ4v) is 3.35. The molecule has 0 heterocycles. The largest absolute Gasteiger partial charge is 0.457 e. The molecule has 1 atom stereocenters. The molecule has 0 aliphatic heterocycles. The summed E-state index contributed by atoms with van der Waals surface area (Å²) >= 11 is 3.45. The van der Waals surface area contributed by atoms with Gasteiger partial charge in [0.25, 0.3) is 0 Å². The summed E-state index contributed by atoms with van der Waals surface area (Å²) in [5.74, 6) is 1.81. The standard InChI is InChI=1S/C19H22BrNO/c1-21(2)17-8-3-14-5-10-19(13-15(14)4-9-17)22-18-11-6-16(20)7-12-18/h5-7,10-13,17H,3-4,8-9H2,1-2H3. The van der Waals surface area contributed by atoms with Crippen molar-refractivity contribution in [2.75, 3.05) is 14.1 Å². The Kier molecular flexibility index (Phi) is 4.84. The summed E-state index contributed by atoms with van der Waals surface area (Å²) in [6, 6.07) is 15.2. The molecule has 0 N–H and O–H groups in total. The lowest BCUT2D eigenvalue weighted by Crippen LogP contribution is -2.27. The molecule has 116 valence electrons. The summed E-state index contributed by atoms with van der Waals surface area (Å²) in [4.78, 5) is 2.35. The Balaban J connectivity index is 1.75. The average Bonchev–Trinajstić information content (AvgIpc) is 2.72. The molecule has 1 unspecified atom stereocenters. The van der Waals surface area contributed by atoms with E-state index in [1.807, 2.05) is 24.3 Å². The van der Waals surface area contributed by atoms with Crippen LogP contribution < -0.4 is 4.74 Å². The van der Waals surface area contributed by atoms with Crippen molar-refractivity contribution in [3.63, 3.8) is 0 Å². The van der Waals surface area contributed by atoms with Gasteiger partial charge in [-0.3, -0.25) is 0 Å². The van der Waals surface area contributed by atoms with E-state index < -0.39 is 0 Å². The number of hydrogen-bond acceptors (Lipinski definition) is 2. The molecule has 0 radical (unpaired) electrons. The zero-order valence-electron chi connectivity index (χ0n) is 13.2. The van der Waals surface area contributed by atoms with Crippen molar-refractivity contribution in [3.8, 4) is 11.5 Å². The molecule has 2 nitrogen and oxygen atoms in total. The number of halogens is 1. The van der Waals surface area contributed by atoms with Crippen molar-refractivity contribution in [1.29, 1.82) is 0 Å². The third-order valence-electron chi connectivity index (χ3n) is 4.45. The average molecular weight is 360 g/mol. The van der Waals surface area contributed by atoms with Gasteiger partial charge in [-0.25, -0.2) is 0 Å². The van der Waals surface area contributed by atoms with Crippen molar-refractivity contribution in [2.24, 2.45) is 0 Å². The second-order valence-corrected chi connectivity index (χ2v) is 7.10. The van der Waals surface area contributed by atoms with Crippen LogP contribution in [0.15, 0.2) is 46.9 Å². The van der Waals surface area contributed by atoms with E-state index in [0.717, 1.165) is 28.8 Å². The second kappa shape index (κ2) is 6.84. The lowest BCUT2D eigenvalue weighted by molar-refractivity contribution is 0.269. The predicted molar refractivity (Wildman–Crippen MR) is 94.8 cm³/mol. The molecular weight excluding hydrogens is 338 g/mol. The first-order valence-electron chi connectivity index (χ1n) is 7.83. The van der Waals surface area contributed by atoms with Gasteiger partial charge in [-0.1, -0.05) is 22.0 Å². The molecule has 1 aliphatic carbocycles. The van der Waals surface area contributed by atoms with E-state index in [-0.39, 0.29) is 0 Å². The molecule has 3 heteroatoms. The number of aryl methyl sites for hydroxylation is 2. The number of hydrogen-bond donors (Lipinski definition) is 0. The number of nitrogens with zero attached hydrogens (tertiary/aromatic N) is 1. The Morgan fingerprint density at radius 3 is 2.23 bits per heavy atom. The molecule has 0 fully saturated rings. The smallest absolute Gasteiger partial charge is 0.127 e. The minimum absolute atomic E-state index is 0.684. The molecule has 0 aromatic heterocycles. The minimum atomic E-state index is 0.684. The van der Waals surface area contributed by atoms with E-state index in [0.29, 0.717) is 6.04 Å². The van der Waals surface area contributed by atoms with Crippen molar-refractivity contribution in [1.82, 2.24) is 4.90 Å². The minimum Gasteiger partial charge on any atom is -0.457 e. The maximum Gasteiger partial charge on any atom is 0.127 e. The number of fused-ring (bicyclic) bond motifs is 1. The van der Waals surface area contributed by atoms with Gasteiger partial charge in [0, 0.05) is 10.5 Å². The molecule has 1 aliphatic rings. The fourth-order valence-electron chi connectivity index (χ4n) is 3.09. The van der Waals surface area contributed by atoms with Crippen LogP contribution in [0.4, 0.5) is 0 Å². The molecule has 0 amide bonds. The van der Waals surface area contributed by atoms with Gasteiger partial charge in [-0.15, -0.1) is 0 Å². The molecule has 3 rings (SSSR count). The SMILES string of the molecule is CN(C)C1CCc2ccc(Oc3ccc(Br)cc3)cc2CC1. The first kappa shape index (κ1) is 15.6. The molecular formula is C19H22BrNO. The molecule has 0 spiro atoms. The van der Waals surface area contributed by atoms with Crippen LogP contribution in [0.25, 0.3) is 0 Å². The summed E-state index contributed by atoms with van der Waals surface area (Å²) in [5.41, 5.74) is 2.92. The van der Waals surface area contributed by atoms with Crippen LogP contribution in [0.2, 0.25) is 0 Å². The van der Waals surface area contributed by atoms with E-state index in [1.54, 1.807) is 0 Å².